The zero-order valence-corrected chi connectivity index (χ0v) is 10.7. The van der Waals surface area contributed by atoms with E-state index in [4.69, 9.17) is 5.11 Å². The van der Waals surface area contributed by atoms with Crippen molar-refractivity contribution in [1.82, 2.24) is 15.3 Å². The molecule has 0 radical (unpaired) electrons. The van der Waals surface area contributed by atoms with Gasteiger partial charge in [0.05, 0.1) is 5.56 Å². The summed E-state index contributed by atoms with van der Waals surface area (Å²) in [7, 11) is 0. The Morgan fingerprint density at radius 2 is 2.44 bits per heavy atom. The van der Waals surface area contributed by atoms with Crippen LogP contribution < -0.4 is 5.32 Å². The second-order valence-corrected chi connectivity index (χ2v) is 4.92. The molecule has 5 nitrogen and oxygen atoms in total. The van der Waals surface area contributed by atoms with Gasteiger partial charge in [0.2, 0.25) is 0 Å². The number of carboxylic acids is 1. The topological polar surface area (TPSA) is 78.0 Å². The van der Waals surface area contributed by atoms with Crippen LogP contribution in [0.15, 0.2) is 23.8 Å². The van der Waals surface area contributed by atoms with Gasteiger partial charge in [0.15, 0.2) is 0 Å². The highest BCUT2D eigenvalue weighted by Gasteiger charge is 2.05. The van der Waals surface area contributed by atoms with E-state index in [0.717, 1.165) is 36.6 Å². The molecule has 0 aliphatic heterocycles. The lowest BCUT2D eigenvalue weighted by molar-refractivity contribution is 0.0697. The van der Waals surface area contributed by atoms with Gasteiger partial charge in [-0.1, -0.05) is 0 Å². The van der Waals surface area contributed by atoms with E-state index < -0.39 is 5.97 Å². The molecular formula is C12H15N3O2S. The molecule has 0 aromatic carbocycles. The number of imidazole rings is 1. The average Bonchev–Trinajstić information content (AvgIpc) is 2.98. The van der Waals surface area contributed by atoms with Crippen molar-refractivity contribution < 1.29 is 9.90 Å². The molecule has 0 amide bonds. The second kappa shape index (κ2) is 6.32. The summed E-state index contributed by atoms with van der Waals surface area (Å²) in [6.07, 6.45) is 5.50. The van der Waals surface area contributed by atoms with Crippen molar-refractivity contribution in [3.63, 3.8) is 0 Å². The highest BCUT2D eigenvalue weighted by Crippen LogP contribution is 2.14. The number of aromatic carboxylic acids is 1. The van der Waals surface area contributed by atoms with Crippen LogP contribution in [-0.2, 0) is 13.0 Å². The lowest BCUT2D eigenvalue weighted by atomic mass is 10.3. The SMILES string of the molecule is O=C(O)c1csc(CNCCCc2ncc[nH]2)c1. The van der Waals surface area contributed by atoms with Gasteiger partial charge in [0, 0.05) is 35.6 Å². The highest BCUT2D eigenvalue weighted by atomic mass is 32.1. The van der Waals surface area contributed by atoms with Crippen molar-refractivity contribution >= 4 is 17.3 Å². The number of carbonyl (C=O) groups is 1. The molecule has 0 atom stereocenters. The Bertz CT molecular complexity index is 493. The van der Waals surface area contributed by atoms with E-state index >= 15 is 0 Å². The van der Waals surface area contributed by atoms with Gasteiger partial charge in [-0.2, -0.15) is 0 Å². The summed E-state index contributed by atoms with van der Waals surface area (Å²) in [5.74, 6) is 0.136. The number of nitrogens with one attached hydrogen (secondary N) is 2. The zero-order valence-electron chi connectivity index (χ0n) is 9.85. The van der Waals surface area contributed by atoms with Crippen molar-refractivity contribution in [1.29, 1.82) is 0 Å². The van der Waals surface area contributed by atoms with Crippen molar-refractivity contribution in [2.75, 3.05) is 6.54 Å². The fourth-order valence-corrected chi connectivity index (χ4v) is 2.44. The van der Waals surface area contributed by atoms with Gasteiger partial charge in [-0.3, -0.25) is 0 Å². The van der Waals surface area contributed by atoms with Crippen LogP contribution in [0.4, 0.5) is 0 Å². The van der Waals surface area contributed by atoms with E-state index in [2.05, 4.69) is 15.3 Å². The number of aromatic amines is 1. The van der Waals surface area contributed by atoms with E-state index in [1.165, 1.54) is 11.3 Å². The second-order valence-electron chi connectivity index (χ2n) is 3.92. The maximum Gasteiger partial charge on any atom is 0.336 e. The molecule has 96 valence electrons. The first-order valence-corrected chi connectivity index (χ1v) is 6.63. The van der Waals surface area contributed by atoms with Crippen LogP contribution in [0.3, 0.4) is 0 Å². The maximum absolute atomic E-state index is 10.7. The van der Waals surface area contributed by atoms with Gasteiger partial charge >= 0.3 is 5.97 Å². The van der Waals surface area contributed by atoms with E-state index in [1.807, 2.05) is 6.20 Å². The Hall–Kier alpha value is -1.66. The van der Waals surface area contributed by atoms with Gasteiger partial charge < -0.3 is 15.4 Å². The smallest absolute Gasteiger partial charge is 0.336 e. The largest absolute Gasteiger partial charge is 0.478 e. The minimum Gasteiger partial charge on any atom is -0.478 e. The third kappa shape index (κ3) is 3.68. The molecule has 0 spiro atoms. The summed E-state index contributed by atoms with van der Waals surface area (Å²) < 4.78 is 0. The minimum atomic E-state index is -0.865. The standard InChI is InChI=1S/C12H15N3O2S/c16-12(17)9-6-10(18-8-9)7-13-3-1-2-11-14-4-5-15-11/h4-6,8,13H,1-3,7H2,(H,14,15)(H,16,17). The quantitative estimate of drug-likeness (QED) is 0.668. The Morgan fingerprint density at radius 1 is 1.56 bits per heavy atom. The van der Waals surface area contributed by atoms with Gasteiger partial charge in [-0.15, -0.1) is 11.3 Å². The number of hydrogen-bond donors (Lipinski definition) is 3. The van der Waals surface area contributed by atoms with Gasteiger partial charge in [0.1, 0.15) is 5.82 Å². The zero-order chi connectivity index (χ0) is 12.8. The average molecular weight is 265 g/mol. The van der Waals surface area contributed by atoms with Crippen LogP contribution in [0.1, 0.15) is 27.5 Å². The van der Waals surface area contributed by atoms with Crippen LogP contribution in [0.5, 0.6) is 0 Å². The van der Waals surface area contributed by atoms with E-state index in [1.54, 1.807) is 17.6 Å². The Kier molecular flexibility index (Phi) is 4.49. The number of rotatable bonds is 7. The van der Waals surface area contributed by atoms with E-state index in [-0.39, 0.29) is 0 Å². The Labute approximate surface area is 109 Å². The van der Waals surface area contributed by atoms with Crippen molar-refractivity contribution in [3.8, 4) is 0 Å². The number of H-pyrrole nitrogens is 1. The first kappa shape index (κ1) is 12.8. The fourth-order valence-electron chi connectivity index (χ4n) is 1.61. The molecule has 0 saturated heterocycles. The molecule has 2 aromatic rings. The van der Waals surface area contributed by atoms with Crippen LogP contribution in [0, 0.1) is 0 Å². The summed E-state index contributed by atoms with van der Waals surface area (Å²) in [6.45, 7) is 1.61. The Morgan fingerprint density at radius 3 is 3.11 bits per heavy atom. The number of aryl methyl sites for hydroxylation is 1. The number of nitrogens with zero attached hydrogens (tertiary/aromatic N) is 1. The number of thiophene rings is 1. The molecule has 0 unspecified atom stereocenters. The van der Waals surface area contributed by atoms with Crippen LogP contribution in [-0.4, -0.2) is 27.6 Å². The molecule has 18 heavy (non-hydrogen) atoms. The molecule has 2 heterocycles. The predicted octanol–water partition coefficient (Wildman–Crippen LogP) is 1.89. The van der Waals surface area contributed by atoms with Crippen molar-refractivity contribution in [3.05, 3.63) is 40.1 Å². The molecule has 6 heteroatoms. The monoisotopic (exact) mass is 265 g/mol. The van der Waals surface area contributed by atoms with Crippen molar-refractivity contribution in [2.24, 2.45) is 0 Å². The molecule has 0 fully saturated rings. The number of hydrogen-bond acceptors (Lipinski definition) is 4. The van der Waals surface area contributed by atoms with E-state index in [0.29, 0.717) is 5.56 Å². The molecule has 2 rings (SSSR count). The van der Waals surface area contributed by atoms with Crippen LogP contribution >= 0.6 is 11.3 Å². The minimum absolute atomic E-state index is 0.368. The predicted molar refractivity (Wildman–Crippen MR) is 69.9 cm³/mol. The highest BCUT2D eigenvalue weighted by molar-refractivity contribution is 7.10. The molecule has 0 bridgehead atoms. The Balaban J connectivity index is 1.64. The lowest BCUT2D eigenvalue weighted by Gasteiger charge is -2.01. The third-order valence-corrected chi connectivity index (χ3v) is 3.46. The summed E-state index contributed by atoms with van der Waals surface area (Å²) in [5.41, 5.74) is 0.368. The first-order chi connectivity index (χ1) is 8.75. The van der Waals surface area contributed by atoms with Gasteiger partial charge in [-0.25, -0.2) is 9.78 Å². The number of aromatic nitrogens is 2. The van der Waals surface area contributed by atoms with Crippen LogP contribution in [0.25, 0.3) is 0 Å². The first-order valence-electron chi connectivity index (χ1n) is 5.75. The molecule has 0 aliphatic rings. The molecule has 3 N–H and O–H groups in total. The van der Waals surface area contributed by atoms with Crippen LogP contribution in [0.2, 0.25) is 0 Å². The van der Waals surface area contributed by atoms with Gasteiger partial charge in [-0.05, 0) is 19.0 Å². The van der Waals surface area contributed by atoms with E-state index in [9.17, 15) is 4.79 Å². The normalized spacial score (nSPS) is 10.7. The summed E-state index contributed by atoms with van der Waals surface area (Å²) in [4.78, 5) is 19.0. The fraction of sp³-hybridized carbons (Fsp3) is 0.333. The third-order valence-electron chi connectivity index (χ3n) is 2.52. The molecule has 2 aromatic heterocycles. The summed E-state index contributed by atoms with van der Waals surface area (Å²) in [5, 5.41) is 13.8. The molecule has 0 saturated carbocycles. The maximum atomic E-state index is 10.7. The lowest BCUT2D eigenvalue weighted by Crippen LogP contribution is -2.14. The molecular weight excluding hydrogens is 250 g/mol. The number of carboxylic acid groups (broad SMARTS) is 1. The molecule has 0 aliphatic carbocycles. The summed E-state index contributed by atoms with van der Waals surface area (Å²) in [6, 6.07) is 1.71. The van der Waals surface area contributed by atoms with Gasteiger partial charge in [0.25, 0.3) is 0 Å². The van der Waals surface area contributed by atoms with Crippen molar-refractivity contribution in [2.45, 2.75) is 19.4 Å². The summed E-state index contributed by atoms with van der Waals surface area (Å²) >= 11 is 1.47.